The van der Waals surface area contributed by atoms with Crippen molar-refractivity contribution in [2.75, 3.05) is 17.3 Å². The van der Waals surface area contributed by atoms with Crippen LogP contribution in [-0.4, -0.2) is 24.9 Å². The van der Waals surface area contributed by atoms with Gasteiger partial charge in [0.25, 0.3) is 11.8 Å². The Labute approximate surface area is 153 Å². The summed E-state index contributed by atoms with van der Waals surface area (Å²) in [6.45, 7) is 1.29. The van der Waals surface area contributed by atoms with E-state index in [1.54, 1.807) is 0 Å². The molecule has 3 rings (SSSR count). The highest BCUT2D eigenvalue weighted by Gasteiger charge is 2.32. The summed E-state index contributed by atoms with van der Waals surface area (Å²) < 4.78 is 31.9. The van der Waals surface area contributed by atoms with Gasteiger partial charge in [0.1, 0.15) is 17.3 Å². The molecular weight excluding hydrogens is 358 g/mol. The summed E-state index contributed by atoms with van der Waals surface area (Å²) >= 11 is 0. The average Bonchev–Trinajstić information content (AvgIpc) is 2.92. The second-order valence-electron chi connectivity index (χ2n) is 5.77. The third-order valence-electron chi connectivity index (χ3n) is 4.03. The summed E-state index contributed by atoms with van der Waals surface area (Å²) in [4.78, 5) is 37.1. The number of halogens is 2. The predicted molar refractivity (Wildman–Crippen MR) is 93.1 cm³/mol. The van der Waals surface area contributed by atoms with Crippen LogP contribution in [0.4, 0.5) is 20.2 Å². The Hall–Kier alpha value is -3.55. The van der Waals surface area contributed by atoms with Crippen LogP contribution in [-0.2, 0) is 14.3 Å². The molecule has 0 saturated carbocycles. The Kier molecular flexibility index (Phi) is 4.72. The normalized spacial score (nSPS) is 13.6. The summed E-state index contributed by atoms with van der Waals surface area (Å²) in [7, 11) is 1.24. The number of esters is 1. The van der Waals surface area contributed by atoms with Crippen LogP contribution in [0.2, 0.25) is 0 Å². The molecule has 0 saturated heterocycles. The van der Waals surface area contributed by atoms with Crippen LogP contribution in [0.3, 0.4) is 0 Å². The summed E-state index contributed by atoms with van der Waals surface area (Å²) in [5.74, 6) is -3.41. The standard InChI is InChI=1S/C19H14F2N2O4/c1-10-14(20)7-12(8-15(10)21)22-16-9-17(24)23(18(16)25)13-5-3-11(4-6-13)19(26)27-2/h3-9,22H,1-2H3. The number of ether oxygens (including phenoxy) is 1. The minimum Gasteiger partial charge on any atom is -0.465 e. The van der Waals surface area contributed by atoms with Gasteiger partial charge in [-0.3, -0.25) is 9.59 Å². The Balaban J connectivity index is 1.82. The van der Waals surface area contributed by atoms with Crippen LogP contribution in [0.5, 0.6) is 0 Å². The molecule has 0 atom stereocenters. The Morgan fingerprint density at radius 1 is 1.07 bits per heavy atom. The molecule has 2 aromatic carbocycles. The van der Waals surface area contributed by atoms with E-state index in [0.29, 0.717) is 0 Å². The number of nitrogens with zero attached hydrogens (tertiary/aromatic N) is 1. The Morgan fingerprint density at radius 2 is 1.67 bits per heavy atom. The molecule has 1 N–H and O–H groups in total. The van der Waals surface area contributed by atoms with Gasteiger partial charge in [-0.1, -0.05) is 0 Å². The number of hydrogen-bond donors (Lipinski definition) is 1. The van der Waals surface area contributed by atoms with Crippen molar-refractivity contribution in [1.82, 2.24) is 0 Å². The lowest BCUT2D eigenvalue weighted by Crippen LogP contribution is -2.32. The minimum absolute atomic E-state index is 0.00545. The summed E-state index contributed by atoms with van der Waals surface area (Å²) in [5, 5.41) is 2.56. The fourth-order valence-corrected chi connectivity index (χ4v) is 2.54. The van der Waals surface area contributed by atoms with E-state index in [1.807, 2.05) is 0 Å². The van der Waals surface area contributed by atoms with Crippen molar-refractivity contribution in [2.24, 2.45) is 0 Å². The van der Waals surface area contributed by atoms with Gasteiger partial charge in [0.15, 0.2) is 0 Å². The van der Waals surface area contributed by atoms with Crippen molar-refractivity contribution in [3.63, 3.8) is 0 Å². The van der Waals surface area contributed by atoms with Gasteiger partial charge in [0.2, 0.25) is 0 Å². The monoisotopic (exact) mass is 372 g/mol. The predicted octanol–water partition coefficient (Wildman–Crippen LogP) is 2.93. The van der Waals surface area contributed by atoms with Crippen molar-refractivity contribution in [3.05, 3.63) is 70.9 Å². The van der Waals surface area contributed by atoms with Crippen LogP contribution >= 0.6 is 0 Å². The summed E-state index contributed by atoms with van der Waals surface area (Å²) in [6.07, 6.45) is 1.03. The average molecular weight is 372 g/mol. The molecule has 0 aliphatic carbocycles. The second-order valence-corrected chi connectivity index (χ2v) is 5.77. The van der Waals surface area contributed by atoms with Crippen molar-refractivity contribution >= 4 is 29.2 Å². The van der Waals surface area contributed by atoms with Crippen LogP contribution < -0.4 is 10.2 Å². The molecule has 2 aromatic rings. The van der Waals surface area contributed by atoms with Crippen LogP contribution in [0.25, 0.3) is 0 Å². The smallest absolute Gasteiger partial charge is 0.337 e. The molecule has 0 radical (unpaired) electrons. The molecule has 0 bridgehead atoms. The summed E-state index contributed by atoms with van der Waals surface area (Å²) in [5.41, 5.74) is 0.241. The Bertz CT molecular complexity index is 961. The maximum absolute atomic E-state index is 13.7. The van der Waals surface area contributed by atoms with Gasteiger partial charge in [0, 0.05) is 17.3 Å². The summed E-state index contributed by atoms with van der Waals surface area (Å²) in [6, 6.07) is 7.74. The first-order valence-electron chi connectivity index (χ1n) is 7.83. The topological polar surface area (TPSA) is 75.7 Å². The lowest BCUT2D eigenvalue weighted by molar-refractivity contribution is -0.120. The number of imide groups is 1. The van der Waals surface area contributed by atoms with Crippen molar-refractivity contribution in [3.8, 4) is 0 Å². The van der Waals surface area contributed by atoms with E-state index in [2.05, 4.69) is 10.1 Å². The van der Waals surface area contributed by atoms with Gasteiger partial charge >= 0.3 is 5.97 Å². The molecular formula is C19H14F2N2O4. The SMILES string of the molecule is COC(=O)c1ccc(N2C(=O)C=C(Nc3cc(F)c(C)c(F)c3)C2=O)cc1. The molecule has 0 fully saturated rings. The molecule has 1 heterocycles. The lowest BCUT2D eigenvalue weighted by Gasteiger charge is -2.16. The number of nitrogens with one attached hydrogen (secondary N) is 1. The van der Waals surface area contributed by atoms with E-state index in [0.717, 1.165) is 23.1 Å². The molecule has 2 amide bonds. The number of carbonyl (C=O) groups is 3. The first-order chi connectivity index (χ1) is 12.8. The second kappa shape index (κ2) is 6.99. The van der Waals surface area contributed by atoms with Gasteiger partial charge in [-0.25, -0.2) is 18.5 Å². The van der Waals surface area contributed by atoms with E-state index < -0.39 is 29.4 Å². The van der Waals surface area contributed by atoms with E-state index in [1.165, 1.54) is 38.3 Å². The highest BCUT2D eigenvalue weighted by Crippen LogP contribution is 2.25. The molecule has 6 nitrogen and oxygen atoms in total. The van der Waals surface area contributed by atoms with Crippen LogP contribution in [0.1, 0.15) is 15.9 Å². The lowest BCUT2D eigenvalue weighted by atomic mass is 10.2. The zero-order valence-corrected chi connectivity index (χ0v) is 14.4. The van der Waals surface area contributed by atoms with Gasteiger partial charge in [-0.15, -0.1) is 0 Å². The molecule has 0 unspecified atom stereocenters. The fraction of sp³-hybridized carbons (Fsp3) is 0.105. The zero-order chi connectivity index (χ0) is 19.7. The van der Waals surface area contributed by atoms with Crippen LogP contribution in [0, 0.1) is 18.6 Å². The first kappa shape index (κ1) is 18.2. The molecule has 1 aliphatic heterocycles. The van der Waals surface area contributed by atoms with Gasteiger partial charge in [0.05, 0.1) is 18.4 Å². The minimum atomic E-state index is -0.773. The third-order valence-corrected chi connectivity index (χ3v) is 4.03. The van der Waals surface area contributed by atoms with E-state index in [9.17, 15) is 23.2 Å². The molecule has 0 spiro atoms. The Morgan fingerprint density at radius 3 is 2.22 bits per heavy atom. The van der Waals surface area contributed by atoms with E-state index in [4.69, 9.17) is 0 Å². The quantitative estimate of drug-likeness (QED) is 0.660. The maximum Gasteiger partial charge on any atom is 0.337 e. The van der Waals surface area contributed by atoms with Gasteiger partial charge in [-0.2, -0.15) is 0 Å². The fourth-order valence-electron chi connectivity index (χ4n) is 2.54. The molecule has 1 aliphatic rings. The third kappa shape index (κ3) is 3.41. The number of hydrogen-bond acceptors (Lipinski definition) is 5. The van der Waals surface area contributed by atoms with Crippen molar-refractivity contribution in [2.45, 2.75) is 6.92 Å². The van der Waals surface area contributed by atoms with Gasteiger partial charge in [-0.05, 0) is 43.3 Å². The number of amides is 2. The largest absolute Gasteiger partial charge is 0.465 e. The number of methoxy groups -OCH3 is 1. The number of benzene rings is 2. The van der Waals surface area contributed by atoms with Gasteiger partial charge < -0.3 is 10.1 Å². The zero-order valence-electron chi connectivity index (χ0n) is 14.4. The maximum atomic E-state index is 13.7. The molecule has 0 aromatic heterocycles. The molecule has 138 valence electrons. The molecule has 8 heteroatoms. The van der Waals surface area contributed by atoms with Crippen LogP contribution in [0.15, 0.2) is 48.2 Å². The number of rotatable bonds is 4. The van der Waals surface area contributed by atoms with Crippen molar-refractivity contribution < 1.29 is 27.9 Å². The van der Waals surface area contributed by atoms with E-state index in [-0.39, 0.29) is 28.2 Å². The first-order valence-corrected chi connectivity index (χ1v) is 7.83. The number of carbonyl (C=O) groups excluding carboxylic acids is 3. The highest BCUT2D eigenvalue weighted by atomic mass is 19.1. The van der Waals surface area contributed by atoms with E-state index >= 15 is 0 Å². The van der Waals surface area contributed by atoms with Crippen molar-refractivity contribution in [1.29, 1.82) is 0 Å². The highest BCUT2D eigenvalue weighted by molar-refractivity contribution is 6.31. The number of anilines is 2. The molecule has 27 heavy (non-hydrogen) atoms.